The maximum atomic E-state index is 11.1. The normalized spacial score (nSPS) is 22.2. The minimum absolute atomic E-state index is 0.00867. The fourth-order valence-electron chi connectivity index (χ4n) is 5.57. The van der Waals surface area contributed by atoms with Crippen molar-refractivity contribution in [1.29, 1.82) is 0 Å². The van der Waals surface area contributed by atoms with Gasteiger partial charge in [0.15, 0.2) is 12.5 Å². The first kappa shape index (κ1) is 26.3. The van der Waals surface area contributed by atoms with Crippen LogP contribution in [0.25, 0.3) is 22.2 Å². The van der Waals surface area contributed by atoms with Crippen LogP contribution in [0, 0.1) is 0 Å². The third-order valence-corrected chi connectivity index (χ3v) is 7.52. The summed E-state index contributed by atoms with van der Waals surface area (Å²) in [6, 6.07) is 4.41. The topological polar surface area (TPSA) is 103 Å². The van der Waals surface area contributed by atoms with E-state index < -0.39 is 0 Å². The van der Waals surface area contributed by atoms with Crippen LogP contribution in [0.3, 0.4) is 0 Å². The van der Waals surface area contributed by atoms with Gasteiger partial charge in [-0.2, -0.15) is 5.10 Å². The van der Waals surface area contributed by atoms with Gasteiger partial charge in [-0.3, -0.25) is 4.79 Å². The summed E-state index contributed by atoms with van der Waals surface area (Å²) in [7, 11) is 0. The molecule has 7 rings (SSSR count). The molecule has 0 spiro atoms. The van der Waals surface area contributed by atoms with Crippen LogP contribution in [-0.4, -0.2) is 75.0 Å². The molecule has 0 saturated carbocycles. The molecule has 2 fully saturated rings. The lowest BCUT2D eigenvalue weighted by atomic mass is 10.1. The second-order valence-electron chi connectivity index (χ2n) is 10.0. The lowest BCUT2D eigenvalue weighted by molar-refractivity contribution is -0.104. The summed E-state index contributed by atoms with van der Waals surface area (Å²) in [5.41, 5.74) is 5.62. The number of nitrogens with one attached hydrogen (secondary N) is 1. The maximum Gasteiger partial charge on any atom is 0.151 e. The van der Waals surface area contributed by atoms with Crippen LogP contribution < -0.4 is 10.2 Å². The quantitative estimate of drug-likeness (QED) is 0.467. The van der Waals surface area contributed by atoms with E-state index in [9.17, 15) is 4.79 Å². The van der Waals surface area contributed by atoms with E-state index in [-0.39, 0.29) is 12.4 Å². The summed E-state index contributed by atoms with van der Waals surface area (Å²) < 4.78 is 15.5. The van der Waals surface area contributed by atoms with Crippen LogP contribution in [-0.2, 0) is 20.8 Å². The number of nitrogens with zero attached hydrogens (tertiary/aromatic N) is 7. The molecule has 3 aromatic rings. The first-order valence-corrected chi connectivity index (χ1v) is 14.2. The highest BCUT2D eigenvalue weighted by Crippen LogP contribution is 2.35. The highest BCUT2D eigenvalue weighted by Gasteiger charge is 2.25. The third kappa shape index (κ3) is 5.14. The monoisotopic (exact) mass is 544 g/mol. The van der Waals surface area contributed by atoms with Gasteiger partial charge < -0.3 is 24.6 Å². The lowest BCUT2D eigenvalue weighted by Gasteiger charge is -2.29. The molecule has 2 atom stereocenters. The number of hydrogen-bond acceptors (Lipinski definition) is 9. The van der Waals surface area contributed by atoms with Crippen molar-refractivity contribution >= 4 is 22.9 Å². The molecule has 4 aliphatic heterocycles. The SMILES string of the molecule is CC.O=CC1=CN2C=C(Cn3cc(-c4cc(N5CCOCC5)cc5c4cnn5C4CCCCO4)nn3)NC2C=C1. The molecule has 1 N–H and O–H groups in total. The van der Waals surface area contributed by atoms with Crippen LogP contribution in [0.4, 0.5) is 5.69 Å². The Morgan fingerprint density at radius 1 is 1.12 bits per heavy atom. The fourth-order valence-corrected chi connectivity index (χ4v) is 5.57. The van der Waals surface area contributed by atoms with Crippen molar-refractivity contribution in [1.82, 2.24) is 35.0 Å². The molecule has 11 nitrogen and oxygen atoms in total. The molecule has 4 aliphatic rings. The van der Waals surface area contributed by atoms with Crippen molar-refractivity contribution in [3.8, 4) is 11.3 Å². The Morgan fingerprint density at radius 3 is 2.80 bits per heavy atom. The molecular formula is C29H36N8O3. The van der Waals surface area contributed by atoms with E-state index in [0.29, 0.717) is 25.3 Å². The number of allylic oxidation sites excluding steroid dienone is 3. The highest BCUT2D eigenvalue weighted by atomic mass is 16.5. The van der Waals surface area contributed by atoms with E-state index in [1.807, 2.05) is 65.1 Å². The van der Waals surface area contributed by atoms with E-state index in [1.54, 1.807) is 0 Å². The Morgan fingerprint density at radius 2 is 2.00 bits per heavy atom. The molecule has 210 valence electrons. The maximum absolute atomic E-state index is 11.1. The number of benzene rings is 1. The van der Waals surface area contributed by atoms with Crippen molar-refractivity contribution in [2.75, 3.05) is 37.8 Å². The molecule has 0 aliphatic carbocycles. The lowest BCUT2D eigenvalue weighted by Crippen LogP contribution is -2.36. The Labute approximate surface area is 233 Å². The molecule has 0 bridgehead atoms. The van der Waals surface area contributed by atoms with Crippen molar-refractivity contribution in [2.24, 2.45) is 0 Å². The Bertz CT molecular complexity index is 1440. The molecule has 1 aromatic carbocycles. The number of morpholine rings is 1. The number of carbonyl (C=O) groups is 1. The first-order chi connectivity index (χ1) is 19.7. The number of carbonyl (C=O) groups excluding carboxylic acids is 1. The number of aromatic nitrogens is 5. The summed E-state index contributed by atoms with van der Waals surface area (Å²) >= 11 is 0. The van der Waals surface area contributed by atoms with Crippen molar-refractivity contribution in [2.45, 2.75) is 52.0 Å². The zero-order valence-corrected chi connectivity index (χ0v) is 23.1. The van der Waals surface area contributed by atoms with E-state index in [0.717, 1.165) is 78.8 Å². The van der Waals surface area contributed by atoms with Gasteiger partial charge in [0, 0.05) is 54.3 Å². The number of anilines is 1. The van der Waals surface area contributed by atoms with Gasteiger partial charge in [-0.25, -0.2) is 9.36 Å². The van der Waals surface area contributed by atoms with E-state index in [2.05, 4.69) is 32.7 Å². The molecule has 2 saturated heterocycles. The molecule has 2 aromatic heterocycles. The van der Waals surface area contributed by atoms with Gasteiger partial charge in [0.2, 0.25) is 0 Å². The molecule has 0 amide bonds. The van der Waals surface area contributed by atoms with E-state index in [4.69, 9.17) is 14.6 Å². The number of ether oxygens (including phenoxy) is 2. The molecule has 11 heteroatoms. The van der Waals surface area contributed by atoms with Gasteiger partial charge in [0.1, 0.15) is 11.9 Å². The predicted octanol–water partition coefficient (Wildman–Crippen LogP) is 3.58. The first-order valence-electron chi connectivity index (χ1n) is 14.2. The zero-order chi connectivity index (χ0) is 27.5. The fraction of sp³-hybridized carbons (Fsp3) is 0.448. The minimum Gasteiger partial charge on any atom is -0.378 e. The standard InChI is InChI=1S/C27H30N8O3.C2H6/c36-18-19-4-5-26-29-20(15-33(26)14-19)16-34-17-24(30-31-34)22-11-21(32-6-9-37-10-7-32)12-25-23(22)13-28-35(25)27-3-1-2-8-38-27;1-2/h4-5,11-15,17-18,26-27,29H,1-3,6-10,16H2;1-2H3. The van der Waals surface area contributed by atoms with Crippen molar-refractivity contribution in [3.05, 3.63) is 60.3 Å². The van der Waals surface area contributed by atoms with Crippen LogP contribution in [0.5, 0.6) is 0 Å². The molecule has 0 radical (unpaired) electrons. The van der Waals surface area contributed by atoms with Gasteiger partial charge in [0.25, 0.3) is 0 Å². The van der Waals surface area contributed by atoms with Gasteiger partial charge in [-0.15, -0.1) is 5.10 Å². The summed E-state index contributed by atoms with van der Waals surface area (Å²) in [5, 5.41) is 18.3. The number of hydrogen-bond donors (Lipinski definition) is 1. The average Bonchev–Trinajstić information content (AvgIpc) is 3.76. The number of rotatable bonds is 6. The van der Waals surface area contributed by atoms with Crippen LogP contribution in [0.2, 0.25) is 0 Å². The third-order valence-electron chi connectivity index (χ3n) is 7.52. The molecule has 6 heterocycles. The number of fused-ring (bicyclic) bond motifs is 2. The van der Waals surface area contributed by atoms with Gasteiger partial charge in [-0.1, -0.05) is 25.1 Å². The predicted molar refractivity (Wildman–Crippen MR) is 152 cm³/mol. The Kier molecular flexibility index (Phi) is 7.65. The van der Waals surface area contributed by atoms with Crippen LogP contribution in [0.15, 0.2) is 60.3 Å². The summed E-state index contributed by atoms with van der Waals surface area (Å²) in [4.78, 5) is 15.5. The smallest absolute Gasteiger partial charge is 0.151 e. The van der Waals surface area contributed by atoms with Gasteiger partial charge in [-0.05, 0) is 37.5 Å². The van der Waals surface area contributed by atoms with E-state index in [1.165, 1.54) is 0 Å². The number of aldehydes is 1. The Balaban J connectivity index is 0.00000142. The van der Waals surface area contributed by atoms with Gasteiger partial charge in [0.05, 0.1) is 43.4 Å². The zero-order valence-electron chi connectivity index (χ0n) is 23.1. The van der Waals surface area contributed by atoms with Crippen LogP contribution >= 0.6 is 0 Å². The van der Waals surface area contributed by atoms with Crippen molar-refractivity contribution in [3.63, 3.8) is 0 Å². The van der Waals surface area contributed by atoms with E-state index >= 15 is 0 Å². The second-order valence-corrected chi connectivity index (χ2v) is 10.0. The second kappa shape index (κ2) is 11.6. The van der Waals surface area contributed by atoms with Crippen molar-refractivity contribution < 1.29 is 14.3 Å². The highest BCUT2D eigenvalue weighted by molar-refractivity contribution is 5.96. The average molecular weight is 545 g/mol. The summed E-state index contributed by atoms with van der Waals surface area (Å²) in [6.07, 6.45) is 15.6. The summed E-state index contributed by atoms with van der Waals surface area (Å²) in [5.74, 6) is 0. The molecule has 2 unspecified atom stereocenters. The largest absolute Gasteiger partial charge is 0.378 e. The molecular weight excluding hydrogens is 508 g/mol. The molecule has 40 heavy (non-hydrogen) atoms. The van der Waals surface area contributed by atoms with Crippen LogP contribution in [0.1, 0.15) is 39.3 Å². The summed E-state index contributed by atoms with van der Waals surface area (Å²) in [6.45, 7) is 8.43. The van der Waals surface area contributed by atoms with Gasteiger partial charge >= 0.3 is 0 Å². The Hall–Kier alpha value is -3.96. The minimum atomic E-state index is -0.0496.